The van der Waals surface area contributed by atoms with Crippen molar-refractivity contribution in [3.8, 4) is 0 Å². The molecule has 1 heterocycles. The molecule has 1 aliphatic heterocycles. The predicted molar refractivity (Wildman–Crippen MR) is 102 cm³/mol. The molecule has 0 saturated carbocycles. The number of ether oxygens (including phenoxy) is 1. The minimum absolute atomic E-state index is 0.0502. The van der Waals surface area contributed by atoms with Gasteiger partial charge < -0.3 is 4.74 Å². The van der Waals surface area contributed by atoms with Crippen LogP contribution in [0.2, 0.25) is 0 Å². The zero-order valence-electron chi connectivity index (χ0n) is 14.1. The Kier molecular flexibility index (Phi) is 5.08. The Balaban J connectivity index is 2.13. The van der Waals surface area contributed by atoms with Crippen molar-refractivity contribution < 1.29 is 14.3 Å². The third kappa shape index (κ3) is 3.54. The highest BCUT2D eigenvalue weighted by Gasteiger charge is 2.28. The second kappa shape index (κ2) is 7.27. The Morgan fingerprint density at radius 3 is 2.48 bits per heavy atom. The van der Waals surface area contributed by atoms with Crippen LogP contribution in [0.25, 0.3) is 0 Å². The lowest BCUT2D eigenvalue weighted by Crippen LogP contribution is -2.32. The molecule has 2 aromatic rings. The van der Waals surface area contributed by atoms with Gasteiger partial charge in [0.2, 0.25) is 5.91 Å². The molecular weight excluding hydrogens is 384 g/mol. The maximum atomic E-state index is 12.9. The number of amides is 2. The second-order valence-corrected chi connectivity index (χ2v) is 7.25. The van der Waals surface area contributed by atoms with Gasteiger partial charge >= 0.3 is 6.09 Å². The number of hydrogen-bond donors (Lipinski definition) is 1. The van der Waals surface area contributed by atoms with E-state index >= 15 is 0 Å². The number of aryl methyl sites for hydroxylation is 2. The van der Waals surface area contributed by atoms with Crippen LogP contribution in [0.15, 0.2) is 42.5 Å². The Morgan fingerprint density at radius 2 is 1.80 bits per heavy atom. The van der Waals surface area contributed by atoms with Crippen molar-refractivity contribution in [3.63, 3.8) is 0 Å². The molecule has 2 aromatic carbocycles. The van der Waals surface area contributed by atoms with Gasteiger partial charge in [0.15, 0.2) is 0 Å². The van der Waals surface area contributed by atoms with Crippen LogP contribution in [-0.4, -0.2) is 23.9 Å². The Labute approximate surface area is 155 Å². The summed E-state index contributed by atoms with van der Waals surface area (Å²) in [4.78, 5) is 25.9. The average molecular weight is 403 g/mol. The topological polar surface area (TPSA) is 58.6 Å². The number of carbonyl (C=O) groups excluding carboxylic acids is 2. The van der Waals surface area contributed by atoms with Gasteiger partial charge in [0.25, 0.3) is 0 Å². The van der Waals surface area contributed by atoms with E-state index in [0.717, 1.165) is 35.3 Å². The average Bonchev–Trinajstić information content (AvgIpc) is 2.77. The van der Waals surface area contributed by atoms with Crippen LogP contribution in [-0.2, 0) is 22.4 Å². The predicted octanol–water partition coefficient (Wildman–Crippen LogP) is 4.41. The first-order chi connectivity index (χ1) is 12.0. The minimum Gasteiger partial charge on any atom is -0.453 e. The molecule has 2 amide bonds. The number of rotatable bonds is 2. The molecule has 1 aliphatic rings. The molecule has 6 heteroatoms. The first-order valence-electron chi connectivity index (χ1n) is 8.05. The third-order valence-corrected chi connectivity index (χ3v) is 4.61. The molecule has 25 heavy (non-hydrogen) atoms. The van der Waals surface area contributed by atoms with Crippen molar-refractivity contribution in [2.75, 3.05) is 17.3 Å². The molecule has 1 atom stereocenters. The molecular formula is C19H19BrN2O3. The van der Waals surface area contributed by atoms with Gasteiger partial charge in [-0.3, -0.25) is 15.0 Å². The van der Waals surface area contributed by atoms with E-state index in [1.54, 1.807) is 4.90 Å². The SMILES string of the molecule is COC(=O)Nc1ccc2c(c1)N(C(=O)C(C)Br)c1ccccc1CC2. The molecule has 130 valence electrons. The van der Waals surface area contributed by atoms with Crippen LogP contribution in [0, 0.1) is 0 Å². The smallest absolute Gasteiger partial charge is 0.411 e. The number of halogens is 1. The summed E-state index contributed by atoms with van der Waals surface area (Å²) < 4.78 is 4.65. The number of nitrogens with one attached hydrogen (secondary N) is 1. The molecule has 3 rings (SSSR count). The number of nitrogens with zero attached hydrogens (tertiary/aromatic N) is 1. The molecule has 0 fully saturated rings. The number of methoxy groups -OCH3 is 1. The van der Waals surface area contributed by atoms with Crippen molar-refractivity contribution in [3.05, 3.63) is 53.6 Å². The van der Waals surface area contributed by atoms with Gasteiger partial charge in [-0.1, -0.05) is 40.2 Å². The molecule has 0 spiro atoms. The standard InChI is InChI=1S/C19H19BrN2O3/c1-12(20)18(23)22-16-6-4-3-5-13(16)7-8-14-9-10-15(11-17(14)22)21-19(24)25-2/h3-6,9-12H,7-8H2,1-2H3,(H,21,24). The van der Waals surface area contributed by atoms with Gasteiger partial charge in [-0.05, 0) is 49.1 Å². The molecule has 5 nitrogen and oxygen atoms in total. The van der Waals surface area contributed by atoms with Crippen molar-refractivity contribution in [1.29, 1.82) is 0 Å². The molecule has 1 N–H and O–H groups in total. The van der Waals surface area contributed by atoms with E-state index < -0.39 is 6.09 Å². The summed E-state index contributed by atoms with van der Waals surface area (Å²) in [6, 6.07) is 13.5. The maximum Gasteiger partial charge on any atom is 0.411 e. The van der Waals surface area contributed by atoms with Gasteiger partial charge in [-0.15, -0.1) is 0 Å². The van der Waals surface area contributed by atoms with Crippen molar-refractivity contribution >= 4 is 45.0 Å². The number of carbonyl (C=O) groups is 2. The normalized spacial score (nSPS) is 14.0. The fourth-order valence-corrected chi connectivity index (χ4v) is 3.19. The summed E-state index contributed by atoms with van der Waals surface area (Å²) in [5, 5.41) is 2.66. The highest BCUT2D eigenvalue weighted by atomic mass is 79.9. The molecule has 0 aromatic heterocycles. The summed E-state index contributed by atoms with van der Waals surface area (Å²) >= 11 is 3.39. The van der Waals surface area contributed by atoms with Gasteiger partial charge in [0.05, 0.1) is 23.3 Å². The fourth-order valence-electron chi connectivity index (χ4n) is 2.98. The number of fused-ring (bicyclic) bond motifs is 2. The summed E-state index contributed by atoms with van der Waals surface area (Å²) in [6.07, 6.45) is 1.14. The zero-order chi connectivity index (χ0) is 18.0. The quantitative estimate of drug-likeness (QED) is 0.756. The first-order valence-corrected chi connectivity index (χ1v) is 8.96. The van der Waals surface area contributed by atoms with Crippen LogP contribution in [0.5, 0.6) is 0 Å². The largest absolute Gasteiger partial charge is 0.453 e. The monoisotopic (exact) mass is 402 g/mol. The molecule has 0 bridgehead atoms. The second-order valence-electron chi connectivity index (χ2n) is 5.88. The van der Waals surface area contributed by atoms with E-state index in [2.05, 4.69) is 26.0 Å². The molecule has 0 saturated heterocycles. The molecule has 1 unspecified atom stereocenters. The Bertz CT molecular complexity index is 820. The molecule has 0 aliphatic carbocycles. The van der Waals surface area contributed by atoms with Crippen LogP contribution in [0.3, 0.4) is 0 Å². The van der Waals surface area contributed by atoms with Crippen LogP contribution in [0.4, 0.5) is 21.9 Å². The van der Waals surface area contributed by atoms with Crippen molar-refractivity contribution in [2.24, 2.45) is 0 Å². The van der Waals surface area contributed by atoms with Crippen LogP contribution in [0.1, 0.15) is 18.1 Å². The van der Waals surface area contributed by atoms with E-state index in [1.165, 1.54) is 7.11 Å². The number of para-hydroxylation sites is 1. The van der Waals surface area contributed by atoms with Crippen LogP contribution < -0.4 is 10.2 Å². The number of alkyl halides is 1. The van der Waals surface area contributed by atoms with Crippen molar-refractivity contribution in [2.45, 2.75) is 24.6 Å². The minimum atomic E-state index is -0.541. The van der Waals surface area contributed by atoms with E-state index in [1.807, 2.05) is 49.4 Å². The highest BCUT2D eigenvalue weighted by Crippen LogP contribution is 2.38. The lowest BCUT2D eigenvalue weighted by Gasteiger charge is -2.26. The summed E-state index contributed by atoms with van der Waals surface area (Å²) in [5.74, 6) is -0.0502. The Hall–Kier alpha value is -2.34. The third-order valence-electron chi connectivity index (χ3n) is 4.21. The van der Waals surface area contributed by atoms with E-state index in [0.29, 0.717) is 5.69 Å². The fraction of sp³-hybridized carbons (Fsp3) is 0.263. The van der Waals surface area contributed by atoms with Gasteiger partial charge in [0, 0.05) is 5.69 Å². The zero-order valence-corrected chi connectivity index (χ0v) is 15.7. The van der Waals surface area contributed by atoms with Gasteiger partial charge in [-0.2, -0.15) is 0 Å². The van der Waals surface area contributed by atoms with Gasteiger partial charge in [-0.25, -0.2) is 4.79 Å². The number of anilines is 3. The van der Waals surface area contributed by atoms with Crippen molar-refractivity contribution in [1.82, 2.24) is 0 Å². The maximum absolute atomic E-state index is 12.9. The number of hydrogen-bond acceptors (Lipinski definition) is 3. The Morgan fingerprint density at radius 1 is 1.12 bits per heavy atom. The first kappa shape index (κ1) is 17.5. The lowest BCUT2D eigenvalue weighted by molar-refractivity contribution is -0.117. The van der Waals surface area contributed by atoms with E-state index in [4.69, 9.17) is 0 Å². The van der Waals surface area contributed by atoms with E-state index in [-0.39, 0.29) is 10.7 Å². The van der Waals surface area contributed by atoms with E-state index in [9.17, 15) is 9.59 Å². The van der Waals surface area contributed by atoms with Gasteiger partial charge in [0.1, 0.15) is 0 Å². The van der Waals surface area contributed by atoms with Crippen LogP contribution >= 0.6 is 15.9 Å². The summed E-state index contributed by atoms with van der Waals surface area (Å²) in [5.41, 5.74) is 4.45. The summed E-state index contributed by atoms with van der Waals surface area (Å²) in [6.45, 7) is 1.81. The highest BCUT2D eigenvalue weighted by molar-refractivity contribution is 9.10. The number of benzene rings is 2. The molecule has 0 radical (unpaired) electrons. The summed E-state index contributed by atoms with van der Waals surface area (Å²) in [7, 11) is 1.32. The lowest BCUT2D eigenvalue weighted by atomic mass is 10.0.